The molecule has 0 saturated heterocycles. The Morgan fingerprint density at radius 3 is 1.88 bits per heavy atom. The van der Waals surface area contributed by atoms with Crippen LogP contribution in [0, 0.1) is 0 Å². The number of rotatable bonds is 5. The molecule has 7 aromatic carbocycles. The Balaban J connectivity index is 1.38. The van der Waals surface area contributed by atoms with E-state index in [1.807, 2.05) is 12.1 Å². The Bertz CT molecular complexity index is 2190. The number of benzene rings is 7. The summed E-state index contributed by atoms with van der Waals surface area (Å²) in [5, 5.41) is 4.73. The minimum atomic E-state index is 0.878. The van der Waals surface area contributed by atoms with E-state index in [4.69, 9.17) is 4.42 Å². The first-order chi connectivity index (χ1) is 20.8. The van der Waals surface area contributed by atoms with Crippen molar-refractivity contribution in [2.45, 2.75) is 0 Å². The summed E-state index contributed by atoms with van der Waals surface area (Å²) in [7, 11) is 0. The molecular formula is C40H27NO. The van der Waals surface area contributed by atoms with Gasteiger partial charge < -0.3 is 9.32 Å². The van der Waals surface area contributed by atoms with Crippen LogP contribution in [0.1, 0.15) is 0 Å². The predicted octanol–water partition coefficient (Wildman–Crippen LogP) is 11.5. The van der Waals surface area contributed by atoms with Crippen LogP contribution in [-0.4, -0.2) is 0 Å². The molecule has 0 bridgehead atoms. The predicted molar refractivity (Wildman–Crippen MR) is 177 cm³/mol. The van der Waals surface area contributed by atoms with Crippen LogP contribution in [0.15, 0.2) is 168 Å². The second-order valence-electron chi connectivity index (χ2n) is 10.5. The second kappa shape index (κ2) is 10.1. The molecule has 0 N–H and O–H groups in total. The quantitative estimate of drug-likeness (QED) is 0.217. The lowest BCUT2D eigenvalue weighted by Gasteiger charge is -2.28. The maximum atomic E-state index is 6.33. The number of anilines is 3. The molecule has 0 aliphatic heterocycles. The van der Waals surface area contributed by atoms with Crippen LogP contribution in [0.5, 0.6) is 0 Å². The van der Waals surface area contributed by atoms with E-state index in [1.54, 1.807) is 0 Å². The van der Waals surface area contributed by atoms with Gasteiger partial charge in [-0.25, -0.2) is 0 Å². The van der Waals surface area contributed by atoms with Crippen molar-refractivity contribution in [3.05, 3.63) is 164 Å². The number of hydrogen-bond donors (Lipinski definition) is 0. The van der Waals surface area contributed by atoms with Crippen molar-refractivity contribution >= 4 is 49.8 Å². The number of para-hydroxylation sites is 3. The molecule has 42 heavy (non-hydrogen) atoms. The van der Waals surface area contributed by atoms with Gasteiger partial charge in [-0.1, -0.05) is 121 Å². The lowest BCUT2D eigenvalue weighted by molar-refractivity contribution is 0.669. The van der Waals surface area contributed by atoms with Crippen LogP contribution in [-0.2, 0) is 0 Å². The summed E-state index contributed by atoms with van der Waals surface area (Å²) < 4.78 is 6.33. The average molecular weight is 538 g/mol. The SMILES string of the molecule is c1ccc(-c2cccc3cccc(-c4ccccc4N(c4ccccc4)c4ccc5c(c4)oc4ccccc45)c23)cc1. The molecule has 2 nitrogen and oxygen atoms in total. The minimum absolute atomic E-state index is 0.878. The van der Waals surface area contributed by atoms with Crippen LogP contribution < -0.4 is 4.90 Å². The first kappa shape index (κ1) is 24.2. The second-order valence-corrected chi connectivity index (χ2v) is 10.5. The van der Waals surface area contributed by atoms with Crippen molar-refractivity contribution in [2.75, 3.05) is 4.90 Å². The molecule has 0 radical (unpaired) electrons. The van der Waals surface area contributed by atoms with Gasteiger partial charge in [-0.15, -0.1) is 0 Å². The standard InChI is InChI=1S/C40H27NO/c1-3-13-28(14-4-1)32-21-11-15-29-16-12-22-36(40(29)32)33-19-7-9-23-37(33)41(30-17-5-2-6-18-30)31-25-26-35-34-20-8-10-24-38(34)42-39(35)27-31/h1-27H. The molecule has 1 heterocycles. The van der Waals surface area contributed by atoms with Crippen LogP contribution in [0.4, 0.5) is 17.1 Å². The van der Waals surface area contributed by atoms with Gasteiger partial charge in [-0.05, 0) is 63.9 Å². The fourth-order valence-electron chi connectivity index (χ4n) is 6.18. The summed E-state index contributed by atoms with van der Waals surface area (Å²) in [5.74, 6) is 0. The molecule has 0 atom stereocenters. The highest BCUT2D eigenvalue weighted by Gasteiger charge is 2.20. The lowest BCUT2D eigenvalue weighted by atomic mass is 9.90. The van der Waals surface area contributed by atoms with Crippen molar-refractivity contribution < 1.29 is 4.42 Å². The van der Waals surface area contributed by atoms with E-state index >= 15 is 0 Å². The number of furan rings is 1. The molecule has 0 amide bonds. The van der Waals surface area contributed by atoms with Crippen molar-refractivity contribution in [3.63, 3.8) is 0 Å². The molecule has 8 rings (SSSR count). The van der Waals surface area contributed by atoms with Crippen LogP contribution >= 0.6 is 0 Å². The van der Waals surface area contributed by atoms with Gasteiger partial charge in [0.2, 0.25) is 0 Å². The van der Waals surface area contributed by atoms with E-state index in [-0.39, 0.29) is 0 Å². The third-order valence-electron chi connectivity index (χ3n) is 8.06. The first-order valence-electron chi connectivity index (χ1n) is 14.3. The zero-order chi connectivity index (χ0) is 27.9. The van der Waals surface area contributed by atoms with Crippen LogP contribution in [0.3, 0.4) is 0 Å². The zero-order valence-corrected chi connectivity index (χ0v) is 22.9. The Hall–Kier alpha value is -5.60. The van der Waals surface area contributed by atoms with E-state index < -0.39 is 0 Å². The fraction of sp³-hybridized carbons (Fsp3) is 0. The van der Waals surface area contributed by atoms with Gasteiger partial charge in [0.1, 0.15) is 11.2 Å². The fourth-order valence-corrected chi connectivity index (χ4v) is 6.18. The summed E-state index contributed by atoms with van der Waals surface area (Å²) in [6.07, 6.45) is 0. The van der Waals surface area contributed by atoms with Gasteiger partial charge in [-0.3, -0.25) is 0 Å². The van der Waals surface area contributed by atoms with E-state index in [0.717, 1.165) is 39.0 Å². The summed E-state index contributed by atoms with van der Waals surface area (Å²) in [4.78, 5) is 2.34. The molecule has 0 spiro atoms. The Morgan fingerprint density at radius 1 is 0.405 bits per heavy atom. The highest BCUT2D eigenvalue weighted by molar-refractivity contribution is 6.09. The third-order valence-corrected chi connectivity index (χ3v) is 8.06. The molecular weight excluding hydrogens is 510 g/mol. The van der Waals surface area contributed by atoms with E-state index in [2.05, 4.69) is 157 Å². The highest BCUT2D eigenvalue weighted by Crippen LogP contribution is 2.45. The Morgan fingerprint density at radius 2 is 1.05 bits per heavy atom. The maximum Gasteiger partial charge on any atom is 0.137 e. The van der Waals surface area contributed by atoms with E-state index in [9.17, 15) is 0 Å². The molecule has 1 aromatic heterocycles. The first-order valence-corrected chi connectivity index (χ1v) is 14.3. The number of hydrogen-bond acceptors (Lipinski definition) is 2. The topological polar surface area (TPSA) is 16.4 Å². The van der Waals surface area contributed by atoms with Crippen LogP contribution in [0.2, 0.25) is 0 Å². The summed E-state index contributed by atoms with van der Waals surface area (Å²) in [6, 6.07) is 57.9. The van der Waals surface area contributed by atoms with E-state index in [0.29, 0.717) is 0 Å². The minimum Gasteiger partial charge on any atom is -0.456 e. The summed E-state index contributed by atoms with van der Waals surface area (Å²) >= 11 is 0. The van der Waals surface area contributed by atoms with Gasteiger partial charge in [0.15, 0.2) is 0 Å². The number of fused-ring (bicyclic) bond motifs is 4. The highest BCUT2D eigenvalue weighted by atomic mass is 16.3. The molecule has 8 aromatic rings. The van der Waals surface area contributed by atoms with Crippen LogP contribution in [0.25, 0.3) is 55.0 Å². The Kier molecular flexibility index (Phi) is 5.82. The maximum absolute atomic E-state index is 6.33. The van der Waals surface area contributed by atoms with Gasteiger partial charge in [0.05, 0.1) is 5.69 Å². The van der Waals surface area contributed by atoms with Gasteiger partial charge in [-0.2, -0.15) is 0 Å². The molecule has 2 heteroatoms. The summed E-state index contributed by atoms with van der Waals surface area (Å²) in [6.45, 7) is 0. The third kappa shape index (κ3) is 4.05. The van der Waals surface area contributed by atoms with Crippen molar-refractivity contribution in [1.29, 1.82) is 0 Å². The normalized spacial score (nSPS) is 11.3. The van der Waals surface area contributed by atoms with Crippen molar-refractivity contribution in [3.8, 4) is 22.3 Å². The lowest BCUT2D eigenvalue weighted by Crippen LogP contribution is -2.11. The average Bonchev–Trinajstić information content (AvgIpc) is 3.43. The smallest absolute Gasteiger partial charge is 0.137 e. The number of nitrogens with zero attached hydrogens (tertiary/aromatic N) is 1. The summed E-state index contributed by atoms with van der Waals surface area (Å²) in [5.41, 5.74) is 9.83. The molecule has 0 fully saturated rings. The molecule has 0 aliphatic carbocycles. The molecule has 0 aliphatic rings. The molecule has 0 unspecified atom stereocenters. The molecule has 0 saturated carbocycles. The van der Waals surface area contributed by atoms with E-state index in [1.165, 1.54) is 33.0 Å². The largest absolute Gasteiger partial charge is 0.456 e. The Labute approximate surface area is 244 Å². The van der Waals surface area contributed by atoms with Crippen molar-refractivity contribution in [2.24, 2.45) is 0 Å². The monoisotopic (exact) mass is 537 g/mol. The molecule has 198 valence electrons. The van der Waals surface area contributed by atoms with Crippen molar-refractivity contribution in [1.82, 2.24) is 0 Å². The zero-order valence-electron chi connectivity index (χ0n) is 22.9. The van der Waals surface area contributed by atoms with Gasteiger partial charge >= 0.3 is 0 Å². The van der Waals surface area contributed by atoms with Gasteiger partial charge in [0.25, 0.3) is 0 Å². The van der Waals surface area contributed by atoms with Gasteiger partial charge in [0, 0.05) is 33.8 Å².